The summed E-state index contributed by atoms with van der Waals surface area (Å²) in [6, 6.07) is 1.54. The highest BCUT2D eigenvalue weighted by molar-refractivity contribution is 4.90. The van der Waals surface area contributed by atoms with Gasteiger partial charge >= 0.3 is 0 Å². The Morgan fingerprint density at radius 3 is 2.50 bits per heavy atom. The number of rotatable bonds is 7. The molecule has 3 aliphatic rings. The second-order valence-electron chi connectivity index (χ2n) is 7.40. The lowest BCUT2D eigenvalue weighted by Gasteiger charge is -2.41. The lowest BCUT2D eigenvalue weighted by atomic mass is 9.88. The Kier molecular flexibility index (Phi) is 5.36. The van der Waals surface area contributed by atoms with Gasteiger partial charge in [-0.25, -0.2) is 0 Å². The second-order valence-corrected chi connectivity index (χ2v) is 7.40. The standard InChI is InChI=1S/C17H32N2O/c20-9-3-8-18-16-11-15(10-14-6-7-14)12-19(13-16)17-4-1-2-5-17/h14-18,20H,1-13H2. The van der Waals surface area contributed by atoms with E-state index in [4.69, 9.17) is 5.11 Å². The molecule has 1 saturated heterocycles. The monoisotopic (exact) mass is 280 g/mol. The highest BCUT2D eigenvalue weighted by Crippen LogP contribution is 2.38. The Hall–Kier alpha value is -0.120. The lowest BCUT2D eigenvalue weighted by molar-refractivity contribution is 0.0924. The third-order valence-electron chi connectivity index (χ3n) is 5.54. The maximum absolute atomic E-state index is 8.95. The Bertz CT molecular complexity index is 287. The molecule has 116 valence electrons. The summed E-state index contributed by atoms with van der Waals surface area (Å²) in [4.78, 5) is 2.81. The van der Waals surface area contributed by atoms with Crippen LogP contribution < -0.4 is 5.32 Å². The van der Waals surface area contributed by atoms with E-state index >= 15 is 0 Å². The molecule has 1 aliphatic heterocycles. The summed E-state index contributed by atoms with van der Waals surface area (Å²) >= 11 is 0. The molecule has 0 aromatic rings. The minimum absolute atomic E-state index is 0.317. The summed E-state index contributed by atoms with van der Waals surface area (Å²) in [7, 11) is 0. The van der Waals surface area contributed by atoms with Crippen LogP contribution in [0.4, 0.5) is 0 Å². The molecule has 0 amide bonds. The number of aliphatic hydroxyl groups is 1. The van der Waals surface area contributed by atoms with Crippen molar-refractivity contribution in [1.82, 2.24) is 10.2 Å². The van der Waals surface area contributed by atoms with Crippen LogP contribution in [-0.4, -0.2) is 48.3 Å². The molecule has 2 saturated carbocycles. The van der Waals surface area contributed by atoms with E-state index in [1.165, 1.54) is 64.5 Å². The van der Waals surface area contributed by atoms with Gasteiger partial charge in [0.05, 0.1) is 0 Å². The molecule has 20 heavy (non-hydrogen) atoms. The molecule has 3 nitrogen and oxygen atoms in total. The van der Waals surface area contributed by atoms with Gasteiger partial charge in [0, 0.05) is 31.8 Å². The van der Waals surface area contributed by atoms with Gasteiger partial charge in [-0.1, -0.05) is 25.7 Å². The average molecular weight is 280 g/mol. The summed E-state index contributed by atoms with van der Waals surface area (Å²) in [5.41, 5.74) is 0. The zero-order chi connectivity index (χ0) is 13.8. The van der Waals surface area contributed by atoms with Crippen LogP contribution in [0, 0.1) is 11.8 Å². The molecule has 2 unspecified atom stereocenters. The average Bonchev–Trinajstić information content (AvgIpc) is 3.08. The van der Waals surface area contributed by atoms with Crippen LogP contribution in [0.15, 0.2) is 0 Å². The van der Waals surface area contributed by atoms with E-state index < -0.39 is 0 Å². The molecule has 2 aliphatic carbocycles. The van der Waals surface area contributed by atoms with E-state index in [0.29, 0.717) is 12.6 Å². The van der Waals surface area contributed by atoms with Crippen LogP contribution in [0.5, 0.6) is 0 Å². The van der Waals surface area contributed by atoms with E-state index in [1.54, 1.807) is 0 Å². The van der Waals surface area contributed by atoms with E-state index in [0.717, 1.165) is 30.8 Å². The van der Waals surface area contributed by atoms with Crippen molar-refractivity contribution in [3.63, 3.8) is 0 Å². The molecule has 3 fully saturated rings. The minimum Gasteiger partial charge on any atom is -0.396 e. The van der Waals surface area contributed by atoms with Crippen LogP contribution in [0.2, 0.25) is 0 Å². The lowest BCUT2D eigenvalue weighted by Crippen LogP contribution is -2.52. The van der Waals surface area contributed by atoms with E-state index in [9.17, 15) is 0 Å². The second kappa shape index (κ2) is 7.24. The van der Waals surface area contributed by atoms with Gasteiger partial charge in [0.25, 0.3) is 0 Å². The van der Waals surface area contributed by atoms with Crippen LogP contribution in [-0.2, 0) is 0 Å². The van der Waals surface area contributed by atoms with Gasteiger partial charge in [-0.2, -0.15) is 0 Å². The van der Waals surface area contributed by atoms with Crippen LogP contribution >= 0.6 is 0 Å². The fraction of sp³-hybridized carbons (Fsp3) is 1.00. The van der Waals surface area contributed by atoms with Crippen molar-refractivity contribution in [1.29, 1.82) is 0 Å². The number of piperidine rings is 1. The third kappa shape index (κ3) is 4.19. The van der Waals surface area contributed by atoms with Gasteiger partial charge in [-0.15, -0.1) is 0 Å². The number of nitrogens with zero attached hydrogens (tertiary/aromatic N) is 1. The van der Waals surface area contributed by atoms with Crippen LogP contribution in [0.25, 0.3) is 0 Å². The first-order valence-corrected chi connectivity index (χ1v) is 8.93. The van der Waals surface area contributed by atoms with E-state index in [-0.39, 0.29) is 0 Å². The highest BCUT2D eigenvalue weighted by atomic mass is 16.3. The zero-order valence-electron chi connectivity index (χ0n) is 12.9. The van der Waals surface area contributed by atoms with Gasteiger partial charge in [-0.05, 0) is 50.5 Å². The van der Waals surface area contributed by atoms with Gasteiger partial charge < -0.3 is 10.4 Å². The molecule has 3 heteroatoms. The molecule has 2 atom stereocenters. The summed E-state index contributed by atoms with van der Waals surface area (Å²) in [5, 5.41) is 12.6. The van der Waals surface area contributed by atoms with Crippen LogP contribution in [0.3, 0.4) is 0 Å². The fourth-order valence-corrected chi connectivity index (χ4v) is 4.34. The van der Waals surface area contributed by atoms with Gasteiger partial charge in [-0.3, -0.25) is 4.90 Å². The molecule has 2 N–H and O–H groups in total. The summed E-state index contributed by atoms with van der Waals surface area (Å²) < 4.78 is 0. The first-order chi connectivity index (χ1) is 9.85. The molecular formula is C17H32N2O. The molecule has 3 rings (SSSR count). The first kappa shape index (κ1) is 14.8. The minimum atomic E-state index is 0.317. The Morgan fingerprint density at radius 1 is 1.00 bits per heavy atom. The largest absolute Gasteiger partial charge is 0.396 e. The normalized spacial score (nSPS) is 32.9. The van der Waals surface area contributed by atoms with Crippen molar-refractivity contribution < 1.29 is 5.11 Å². The molecule has 0 aromatic heterocycles. The van der Waals surface area contributed by atoms with Crippen molar-refractivity contribution in [3.8, 4) is 0 Å². The SMILES string of the molecule is OCCCNC1CC(CC2CC2)CN(C2CCCC2)C1. The Balaban J connectivity index is 1.52. The number of aliphatic hydroxyl groups excluding tert-OH is 1. The topological polar surface area (TPSA) is 35.5 Å². The van der Waals surface area contributed by atoms with Crippen molar-refractivity contribution in [2.24, 2.45) is 11.8 Å². The molecular weight excluding hydrogens is 248 g/mol. The summed E-state index contributed by atoms with van der Waals surface area (Å²) in [6.45, 7) is 3.91. The summed E-state index contributed by atoms with van der Waals surface area (Å²) in [6.07, 6.45) is 12.5. The van der Waals surface area contributed by atoms with Crippen molar-refractivity contribution >= 4 is 0 Å². The van der Waals surface area contributed by atoms with E-state index in [2.05, 4.69) is 10.2 Å². The maximum Gasteiger partial charge on any atom is 0.0443 e. The molecule has 1 heterocycles. The van der Waals surface area contributed by atoms with Crippen molar-refractivity contribution in [3.05, 3.63) is 0 Å². The van der Waals surface area contributed by atoms with Gasteiger partial charge in [0.1, 0.15) is 0 Å². The molecule has 0 radical (unpaired) electrons. The quantitative estimate of drug-likeness (QED) is 0.703. The third-order valence-corrected chi connectivity index (χ3v) is 5.54. The zero-order valence-corrected chi connectivity index (χ0v) is 12.9. The predicted molar refractivity (Wildman–Crippen MR) is 82.8 cm³/mol. The molecule has 0 aromatic carbocycles. The first-order valence-electron chi connectivity index (χ1n) is 8.93. The number of hydrogen-bond acceptors (Lipinski definition) is 3. The molecule has 0 bridgehead atoms. The molecule has 0 spiro atoms. The van der Waals surface area contributed by atoms with Crippen LogP contribution in [0.1, 0.15) is 57.8 Å². The number of hydrogen-bond donors (Lipinski definition) is 2. The smallest absolute Gasteiger partial charge is 0.0443 e. The van der Waals surface area contributed by atoms with Gasteiger partial charge in [0.15, 0.2) is 0 Å². The predicted octanol–water partition coefficient (Wildman–Crippen LogP) is 2.39. The van der Waals surface area contributed by atoms with Crippen molar-refractivity contribution in [2.75, 3.05) is 26.2 Å². The maximum atomic E-state index is 8.95. The highest BCUT2D eigenvalue weighted by Gasteiger charge is 2.35. The Labute approximate surface area is 124 Å². The van der Waals surface area contributed by atoms with Gasteiger partial charge in [0.2, 0.25) is 0 Å². The summed E-state index contributed by atoms with van der Waals surface area (Å²) in [5.74, 6) is 1.98. The van der Waals surface area contributed by atoms with Crippen molar-refractivity contribution in [2.45, 2.75) is 69.9 Å². The fourth-order valence-electron chi connectivity index (χ4n) is 4.34. The number of nitrogens with one attached hydrogen (secondary N) is 1. The Morgan fingerprint density at radius 2 is 1.80 bits per heavy atom. The number of likely N-dealkylation sites (tertiary alicyclic amines) is 1. The van der Waals surface area contributed by atoms with E-state index in [1.807, 2.05) is 0 Å².